The zero-order valence-electron chi connectivity index (χ0n) is 10.5. The first kappa shape index (κ1) is 13.3. The first-order valence-electron chi connectivity index (χ1n) is 5.74. The van der Waals surface area contributed by atoms with Crippen LogP contribution >= 0.6 is 0 Å². The number of nitro benzene ring substituents is 1. The molecule has 0 atom stereocenters. The molecule has 1 aromatic rings. The Labute approximate surface area is 101 Å². The number of benzene rings is 1. The summed E-state index contributed by atoms with van der Waals surface area (Å²) in [6, 6.07) is 4.89. The number of nitrogens with zero attached hydrogens (tertiary/aromatic N) is 2. The van der Waals surface area contributed by atoms with Crippen LogP contribution in [0.1, 0.15) is 20.8 Å². The molecule has 17 heavy (non-hydrogen) atoms. The lowest BCUT2D eigenvalue weighted by molar-refractivity contribution is -0.383. The van der Waals surface area contributed by atoms with Gasteiger partial charge in [0.2, 0.25) is 0 Å². The molecule has 0 heterocycles. The molecular formula is C12H19N3O2. The second kappa shape index (κ2) is 5.52. The van der Waals surface area contributed by atoms with Crippen LogP contribution in [-0.4, -0.2) is 18.0 Å². The Morgan fingerprint density at radius 2 is 2.12 bits per heavy atom. The molecule has 0 spiro atoms. The number of anilines is 2. The van der Waals surface area contributed by atoms with Crippen LogP contribution < -0.4 is 10.6 Å². The van der Waals surface area contributed by atoms with Crippen LogP contribution in [0.15, 0.2) is 18.2 Å². The quantitative estimate of drug-likeness (QED) is 0.485. The average molecular weight is 237 g/mol. The highest BCUT2D eigenvalue weighted by Crippen LogP contribution is 2.27. The minimum absolute atomic E-state index is 0.0330. The van der Waals surface area contributed by atoms with Crippen LogP contribution in [0.4, 0.5) is 17.1 Å². The first-order valence-corrected chi connectivity index (χ1v) is 5.74. The summed E-state index contributed by atoms with van der Waals surface area (Å²) in [6.07, 6.45) is 0. The maximum atomic E-state index is 10.7. The third kappa shape index (κ3) is 3.34. The smallest absolute Gasteiger partial charge is 0.292 e. The summed E-state index contributed by atoms with van der Waals surface area (Å²) in [5, 5.41) is 10.7. The van der Waals surface area contributed by atoms with E-state index in [1.54, 1.807) is 12.1 Å². The molecule has 5 heteroatoms. The molecule has 0 amide bonds. The number of rotatable bonds is 5. The number of hydrogen-bond acceptors (Lipinski definition) is 4. The molecule has 0 aliphatic rings. The van der Waals surface area contributed by atoms with Crippen LogP contribution in [0.2, 0.25) is 0 Å². The van der Waals surface area contributed by atoms with Crippen molar-refractivity contribution in [3.05, 3.63) is 28.3 Å². The average Bonchev–Trinajstić information content (AvgIpc) is 2.24. The number of nitrogen functional groups attached to an aromatic ring is 1. The van der Waals surface area contributed by atoms with Gasteiger partial charge in [-0.1, -0.05) is 13.8 Å². The van der Waals surface area contributed by atoms with E-state index >= 15 is 0 Å². The van der Waals surface area contributed by atoms with Crippen molar-refractivity contribution >= 4 is 17.1 Å². The Hall–Kier alpha value is -1.78. The number of nitrogens with two attached hydrogens (primary N) is 1. The van der Waals surface area contributed by atoms with Crippen LogP contribution in [0.25, 0.3) is 0 Å². The second-order valence-electron chi connectivity index (χ2n) is 4.43. The molecule has 0 saturated heterocycles. The van der Waals surface area contributed by atoms with Gasteiger partial charge < -0.3 is 10.6 Å². The minimum atomic E-state index is -0.460. The predicted octanol–water partition coefficient (Wildman–Crippen LogP) is 2.66. The minimum Gasteiger partial charge on any atom is -0.393 e. The van der Waals surface area contributed by atoms with Gasteiger partial charge in [0.15, 0.2) is 0 Å². The topological polar surface area (TPSA) is 72.4 Å². The lowest BCUT2D eigenvalue weighted by atomic mass is 10.1. The van der Waals surface area contributed by atoms with Gasteiger partial charge in [-0.25, -0.2) is 0 Å². The van der Waals surface area contributed by atoms with E-state index in [-0.39, 0.29) is 11.4 Å². The summed E-state index contributed by atoms with van der Waals surface area (Å²) in [5.74, 6) is 0.534. The molecule has 0 fully saturated rings. The van der Waals surface area contributed by atoms with Crippen molar-refractivity contribution in [1.82, 2.24) is 0 Å². The Kier molecular flexibility index (Phi) is 4.31. The second-order valence-corrected chi connectivity index (χ2v) is 4.43. The van der Waals surface area contributed by atoms with Crippen LogP contribution in [0.5, 0.6) is 0 Å². The van der Waals surface area contributed by atoms with E-state index in [0.717, 1.165) is 18.8 Å². The SMILES string of the molecule is CCN(CC(C)C)c1ccc([N+](=O)[O-])c(N)c1. The van der Waals surface area contributed by atoms with Crippen molar-refractivity contribution in [2.24, 2.45) is 5.92 Å². The fourth-order valence-corrected chi connectivity index (χ4v) is 1.76. The van der Waals surface area contributed by atoms with E-state index < -0.39 is 4.92 Å². The molecule has 0 unspecified atom stereocenters. The van der Waals surface area contributed by atoms with Crippen molar-refractivity contribution in [3.63, 3.8) is 0 Å². The summed E-state index contributed by atoms with van der Waals surface area (Å²) < 4.78 is 0. The van der Waals surface area contributed by atoms with Gasteiger partial charge in [-0.05, 0) is 25.0 Å². The standard InChI is InChI=1S/C12H19N3O2/c1-4-14(8-9(2)3)10-5-6-12(15(16)17)11(13)7-10/h5-7,9H,4,8,13H2,1-3H3. The van der Waals surface area contributed by atoms with Gasteiger partial charge in [-0.2, -0.15) is 0 Å². The zero-order valence-corrected chi connectivity index (χ0v) is 10.5. The first-order chi connectivity index (χ1) is 7.95. The molecule has 0 bridgehead atoms. The van der Waals surface area contributed by atoms with Gasteiger partial charge in [-0.3, -0.25) is 10.1 Å². The van der Waals surface area contributed by atoms with Crippen LogP contribution in [0.3, 0.4) is 0 Å². The molecule has 0 saturated carbocycles. The number of nitro groups is 1. The maximum absolute atomic E-state index is 10.7. The molecule has 0 aliphatic heterocycles. The Bertz CT molecular complexity index is 405. The van der Waals surface area contributed by atoms with E-state index in [9.17, 15) is 10.1 Å². The molecule has 5 nitrogen and oxygen atoms in total. The monoisotopic (exact) mass is 237 g/mol. The third-order valence-electron chi connectivity index (χ3n) is 2.54. The van der Waals surface area contributed by atoms with Crippen molar-refractivity contribution < 1.29 is 4.92 Å². The predicted molar refractivity (Wildman–Crippen MR) is 70.2 cm³/mol. The summed E-state index contributed by atoms with van der Waals surface area (Å²) in [4.78, 5) is 12.4. The lowest BCUT2D eigenvalue weighted by Gasteiger charge is -2.25. The van der Waals surface area contributed by atoms with Crippen molar-refractivity contribution in [3.8, 4) is 0 Å². The van der Waals surface area contributed by atoms with E-state index in [1.165, 1.54) is 6.07 Å². The van der Waals surface area contributed by atoms with Gasteiger partial charge in [-0.15, -0.1) is 0 Å². The molecular weight excluding hydrogens is 218 g/mol. The van der Waals surface area contributed by atoms with Gasteiger partial charge in [0.05, 0.1) is 4.92 Å². The van der Waals surface area contributed by atoms with E-state index in [1.807, 2.05) is 0 Å². The highest BCUT2D eigenvalue weighted by Gasteiger charge is 2.14. The Balaban J connectivity index is 2.98. The summed E-state index contributed by atoms with van der Waals surface area (Å²) in [6.45, 7) is 8.10. The van der Waals surface area contributed by atoms with E-state index in [0.29, 0.717) is 5.92 Å². The molecule has 2 N–H and O–H groups in total. The zero-order chi connectivity index (χ0) is 13.0. The molecule has 1 aromatic carbocycles. The van der Waals surface area contributed by atoms with Crippen molar-refractivity contribution in [2.45, 2.75) is 20.8 Å². The molecule has 94 valence electrons. The molecule has 1 rings (SSSR count). The molecule has 0 radical (unpaired) electrons. The van der Waals surface area contributed by atoms with Crippen LogP contribution in [0, 0.1) is 16.0 Å². The van der Waals surface area contributed by atoms with Gasteiger partial charge >= 0.3 is 0 Å². The van der Waals surface area contributed by atoms with Crippen molar-refractivity contribution in [2.75, 3.05) is 23.7 Å². The van der Waals surface area contributed by atoms with Crippen molar-refractivity contribution in [1.29, 1.82) is 0 Å². The third-order valence-corrected chi connectivity index (χ3v) is 2.54. The van der Waals surface area contributed by atoms with E-state index in [4.69, 9.17) is 5.73 Å². The molecule has 0 aromatic heterocycles. The largest absolute Gasteiger partial charge is 0.393 e. The van der Waals surface area contributed by atoms with Crippen LogP contribution in [-0.2, 0) is 0 Å². The molecule has 0 aliphatic carbocycles. The Morgan fingerprint density at radius 1 is 1.47 bits per heavy atom. The highest BCUT2D eigenvalue weighted by atomic mass is 16.6. The van der Waals surface area contributed by atoms with Gasteiger partial charge in [0.1, 0.15) is 5.69 Å². The fraction of sp³-hybridized carbons (Fsp3) is 0.500. The normalized spacial score (nSPS) is 10.6. The van der Waals surface area contributed by atoms with Gasteiger partial charge in [0.25, 0.3) is 5.69 Å². The summed E-state index contributed by atoms with van der Waals surface area (Å²) >= 11 is 0. The summed E-state index contributed by atoms with van der Waals surface area (Å²) in [7, 11) is 0. The Morgan fingerprint density at radius 3 is 2.53 bits per heavy atom. The van der Waals surface area contributed by atoms with Gasteiger partial charge in [0, 0.05) is 24.8 Å². The van der Waals surface area contributed by atoms with E-state index in [2.05, 4.69) is 25.7 Å². The fourth-order valence-electron chi connectivity index (χ4n) is 1.76. The number of hydrogen-bond donors (Lipinski definition) is 1. The lowest BCUT2D eigenvalue weighted by Crippen LogP contribution is -2.27. The highest BCUT2D eigenvalue weighted by molar-refractivity contribution is 5.66. The maximum Gasteiger partial charge on any atom is 0.292 e. The summed E-state index contributed by atoms with van der Waals surface area (Å²) in [5.41, 5.74) is 6.80.